The average Bonchev–Trinajstić information content (AvgIpc) is 3.65. The Balaban J connectivity index is 1.50. The number of rotatable bonds is 9. The van der Waals surface area contributed by atoms with Crippen molar-refractivity contribution < 1.29 is 13.9 Å². The second-order valence-electron chi connectivity index (χ2n) is 10.2. The maximum Gasteiger partial charge on any atom is 0.235 e. The number of hydrogen-bond donors (Lipinski definition) is 1. The van der Waals surface area contributed by atoms with Gasteiger partial charge in [-0.05, 0) is 62.7 Å². The molecule has 184 valence electrons. The number of nitrogens with two attached hydrogens (primary N) is 1. The lowest BCUT2D eigenvalue weighted by atomic mass is 9.71. The highest BCUT2D eigenvalue weighted by atomic mass is 19.1. The van der Waals surface area contributed by atoms with Gasteiger partial charge in [-0.2, -0.15) is 0 Å². The first kappa shape index (κ1) is 24.3. The Kier molecular flexibility index (Phi) is 7.84. The number of carbonyl (C=O) groups is 1. The molecule has 8 heteroatoms. The molecule has 1 aromatic heterocycles. The van der Waals surface area contributed by atoms with Gasteiger partial charge in [-0.1, -0.05) is 20.3 Å². The molecule has 3 heterocycles. The zero-order valence-corrected chi connectivity index (χ0v) is 20.3. The number of piperidine rings is 2. The number of likely N-dealkylation sites (tertiary alicyclic amines) is 1. The van der Waals surface area contributed by atoms with Crippen LogP contribution in [0.25, 0.3) is 0 Å². The highest BCUT2D eigenvalue weighted by molar-refractivity contribution is 5.80. The summed E-state index contributed by atoms with van der Waals surface area (Å²) in [6.07, 6.45) is 11.2. The molecule has 7 nitrogen and oxygen atoms in total. The molecule has 4 rings (SSSR count). The average molecular weight is 462 g/mol. The van der Waals surface area contributed by atoms with Crippen molar-refractivity contribution in [2.45, 2.75) is 89.4 Å². The molecule has 2 saturated heterocycles. The van der Waals surface area contributed by atoms with Gasteiger partial charge in [-0.25, -0.2) is 14.4 Å². The monoisotopic (exact) mass is 461 g/mol. The molecule has 1 aliphatic carbocycles. The van der Waals surface area contributed by atoms with Crippen LogP contribution in [0.5, 0.6) is 0 Å². The van der Waals surface area contributed by atoms with Crippen LogP contribution in [0.2, 0.25) is 0 Å². The van der Waals surface area contributed by atoms with E-state index in [1.165, 1.54) is 12.4 Å². The van der Waals surface area contributed by atoms with Crippen LogP contribution in [0.1, 0.15) is 65.2 Å². The van der Waals surface area contributed by atoms with Crippen molar-refractivity contribution in [3.8, 4) is 0 Å². The molecule has 1 amide bonds. The first-order valence-electron chi connectivity index (χ1n) is 12.8. The second kappa shape index (κ2) is 10.6. The van der Waals surface area contributed by atoms with Gasteiger partial charge in [0, 0.05) is 32.3 Å². The minimum Gasteiger partial charge on any atom is -0.379 e. The Labute approximate surface area is 197 Å². The normalized spacial score (nSPS) is 32.0. The van der Waals surface area contributed by atoms with E-state index in [-0.39, 0.29) is 18.1 Å². The van der Waals surface area contributed by atoms with Crippen molar-refractivity contribution >= 4 is 11.9 Å². The minimum absolute atomic E-state index is 0.0825. The van der Waals surface area contributed by atoms with Crippen molar-refractivity contribution in [1.82, 2.24) is 14.9 Å². The number of amides is 1. The molecular formula is C25H40FN5O2. The van der Waals surface area contributed by atoms with Gasteiger partial charge in [0.1, 0.15) is 0 Å². The van der Waals surface area contributed by atoms with Crippen LogP contribution in [-0.4, -0.2) is 65.2 Å². The zero-order chi connectivity index (χ0) is 23.5. The smallest absolute Gasteiger partial charge is 0.235 e. The fraction of sp³-hybridized carbons (Fsp3) is 0.800. The van der Waals surface area contributed by atoms with Crippen LogP contribution in [0.4, 0.5) is 10.3 Å². The molecule has 0 spiro atoms. The summed E-state index contributed by atoms with van der Waals surface area (Å²) in [4.78, 5) is 25.5. The summed E-state index contributed by atoms with van der Waals surface area (Å²) in [5.74, 6) is 1.45. The summed E-state index contributed by atoms with van der Waals surface area (Å²) in [5, 5.41) is 0. The van der Waals surface area contributed by atoms with Gasteiger partial charge < -0.3 is 15.4 Å². The van der Waals surface area contributed by atoms with E-state index in [1.54, 1.807) is 7.11 Å². The first-order chi connectivity index (χ1) is 16.0. The van der Waals surface area contributed by atoms with Crippen molar-refractivity contribution in [2.24, 2.45) is 23.5 Å². The molecule has 0 unspecified atom stereocenters. The standard InChI is InChI=1S/C25H40FN5O2/c1-4-6-20-12-17(11-19(5-2)31(20)23(24(27)32)16-7-8-16)21-9-10-30(15-22(21)33-3)25-28-13-18(26)14-29-25/h13-14,16-17,19-23H,4-12,15H2,1-3H3,(H2,27,32)/t17-,19-,20+,21+,22+,23+/m0/s1. The highest BCUT2D eigenvalue weighted by Crippen LogP contribution is 2.45. The molecule has 3 fully saturated rings. The van der Waals surface area contributed by atoms with Crippen LogP contribution in [-0.2, 0) is 9.53 Å². The maximum absolute atomic E-state index is 13.3. The minimum atomic E-state index is -0.420. The summed E-state index contributed by atoms with van der Waals surface area (Å²) in [6.45, 7) is 6.04. The lowest BCUT2D eigenvalue weighted by Crippen LogP contribution is -2.60. The van der Waals surface area contributed by atoms with E-state index in [9.17, 15) is 9.18 Å². The largest absolute Gasteiger partial charge is 0.379 e. The number of ether oxygens (including phenoxy) is 1. The van der Waals surface area contributed by atoms with Crippen molar-refractivity contribution in [1.29, 1.82) is 0 Å². The fourth-order valence-corrected chi connectivity index (χ4v) is 6.53. The SMILES string of the molecule is CCC[C@@H]1C[C@@H]([C@H]2CCN(c3ncc(F)cn3)C[C@H]2OC)C[C@H](CC)N1[C@@H](C(N)=O)C1CC1. The van der Waals surface area contributed by atoms with Crippen LogP contribution in [0.15, 0.2) is 12.4 Å². The molecule has 0 radical (unpaired) electrons. The zero-order valence-electron chi connectivity index (χ0n) is 20.3. The number of carbonyl (C=O) groups excluding carboxylic acids is 1. The third-order valence-corrected chi connectivity index (χ3v) is 8.18. The number of aromatic nitrogens is 2. The fourth-order valence-electron chi connectivity index (χ4n) is 6.53. The van der Waals surface area contributed by atoms with Crippen LogP contribution in [0.3, 0.4) is 0 Å². The van der Waals surface area contributed by atoms with Crippen molar-refractivity contribution in [2.75, 3.05) is 25.1 Å². The molecule has 2 N–H and O–H groups in total. The number of anilines is 1. The second-order valence-corrected chi connectivity index (χ2v) is 10.2. The van der Waals surface area contributed by atoms with Gasteiger partial charge in [0.15, 0.2) is 5.82 Å². The Morgan fingerprint density at radius 3 is 2.48 bits per heavy atom. The predicted octanol–water partition coefficient (Wildman–Crippen LogP) is 3.38. The Hall–Kier alpha value is -1.80. The quantitative estimate of drug-likeness (QED) is 0.607. The Morgan fingerprint density at radius 1 is 1.21 bits per heavy atom. The number of nitrogens with zero attached hydrogens (tertiary/aromatic N) is 4. The topological polar surface area (TPSA) is 84.6 Å². The number of halogens is 1. The van der Waals surface area contributed by atoms with E-state index in [2.05, 4.69) is 33.6 Å². The van der Waals surface area contributed by atoms with Gasteiger partial charge >= 0.3 is 0 Å². The van der Waals surface area contributed by atoms with E-state index >= 15 is 0 Å². The number of methoxy groups -OCH3 is 1. The third kappa shape index (κ3) is 5.32. The summed E-state index contributed by atoms with van der Waals surface area (Å²) < 4.78 is 19.3. The number of primary amides is 1. The van der Waals surface area contributed by atoms with Gasteiger partial charge in [-0.3, -0.25) is 9.69 Å². The molecule has 33 heavy (non-hydrogen) atoms. The molecule has 1 saturated carbocycles. The molecule has 3 aliphatic rings. The number of hydrogen-bond acceptors (Lipinski definition) is 6. The Morgan fingerprint density at radius 2 is 1.91 bits per heavy atom. The van der Waals surface area contributed by atoms with Gasteiger partial charge in [0.05, 0.1) is 24.5 Å². The lowest BCUT2D eigenvalue weighted by molar-refractivity contribution is -0.130. The van der Waals surface area contributed by atoms with Crippen molar-refractivity contribution in [3.63, 3.8) is 0 Å². The molecule has 2 aliphatic heterocycles. The van der Waals surface area contributed by atoms with E-state index in [0.717, 1.165) is 57.9 Å². The summed E-state index contributed by atoms with van der Waals surface area (Å²) in [6, 6.07) is 0.672. The summed E-state index contributed by atoms with van der Waals surface area (Å²) in [7, 11) is 1.79. The predicted molar refractivity (Wildman–Crippen MR) is 126 cm³/mol. The molecule has 6 atom stereocenters. The van der Waals surface area contributed by atoms with Crippen molar-refractivity contribution in [3.05, 3.63) is 18.2 Å². The van der Waals surface area contributed by atoms with Gasteiger partial charge in [0.2, 0.25) is 11.9 Å². The highest BCUT2D eigenvalue weighted by Gasteiger charge is 2.48. The molecule has 0 bridgehead atoms. The third-order valence-electron chi connectivity index (χ3n) is 8.18. The van der Waals surface area contributed by atoms with E-state index in [1.807, 2.05) is 0 Å². The molecular weight excluding hydrogens is 421 g/mol. The summed E-state index contributed by atoms with van der Waals surface area (Å²) in [5.41, 5.74) is 5.94. The summed E-state index contributed by atoms with van der Waals surface area (Å²) >= 11 is 0. The first-order valence-corrected chi connectivity index (χ1v) is 12.8. The van der Waals surface area contributed by atoms with Gasteiger partial charge in [0.25, 0.3) is 0 Å². The van der Waals surface area contributed by atoms with E-state index < -0.39 is 5.82 Å². The van der Waals surface area contributed by atoms with Crippen LogP contribution >= 0.6 is 0 Å². The Bertz CT molecular complexity index is 790. The van der Waals surface area contributed by atoms with E-state index in [4.69, 9.17) is 10.5 Å². The lowest BCUT2D eigenvalue weighted by Gasteiger charge is -2.52. The van der Waals surface area contributed by atoms with Gasteiger partial charge in [-0.15, -0.1) is 0 Å². The van der Waals surface area contributed by atoms with E-state index in [0.29, 0.717) is 42.3 Å². The van der Waals surface area contributed by atoms with Crippen LogP contribution < -0.4 is 10.6 Å². The maximum atomic E-state index is 13.3. The van der Waals surface area contributed by atoms with Crippen LogP contribution in [0, 0.1) is 23.6 Å². The molecule has 1 aromatic rings. The molecule has 0 aromatic carbocycles.